The van der Waals surface area contributed by atoms with Gasteiger partial charge >= 0.3 is 0 Å². The van der Waals surface area contributed by atoms with Crippen LogP contribution in [0.2, 0.25) is 4.34 Å². The van der Waals surface area contributed by atoms with Gasteiger partial charge in [-0.3, -0.25) is 4.79 Å². The van der Waals surface area contributed by atoms with E-state index in [1.54, 1.807) is 24.3 Å². The lowest BCUT2D eigenvalue weighted by molar-refractivity contribution is 0.0954. The summed E-state index contributed by atoms with van der Waals surface area (Å²) < 4.78 is 5.99. The molecule has 0 aliphatic rings. The molecule has 0 unspecified atom stereocenters. The Balaban J connectivity index is 1.64. The highest BCUT2D eigenvalue weighted by atomic mass is 35.5. The summed E-state index contributed by atoms with van der Waals surface area (Å²) in [4.78, 5) is 16.8. The third-order valence-electron chi connectivity index (χ3n) is 2.94. The molecule has 1 amide bonds. The molecule has 0 fully saturated rings. The molecule has 0 aliphatic carbocycles. The minimum absolute atomic E-state index is 0.186. The molecule has 0 saturated carbocycles. The van der Waals surface area contributed by atoms with E-state index in [2.05, 4.69) is 10.3 Å². The fourth-order valence-corrected chi connectivity index (χ4v) is 2.80. The number of hydrogen-bond donors (Lipinski definition) is 2. The fourth-order valence-electron chi connectivity index (χ4n) is 1.84. The molecule has 3 aromatic rings. The van der Waals surface area contributed by atoms with Gasteiger partial charge < -0.3 is 15.5 Å². The van der Waals surface area contributed by atoms with Crippen LogP contribution >= 0.6 is 22.9 Å². The van der Waals surface area contributed by atoms with Gasteiger partial charge in [0.05, 0.1) is 21.5 Å². The molecule has 3 N–H and O–H groups in total. The van der Waals surface area contributed by atoms with E-state index >= 15 is 0 Å². The summed E-state index contributed by atoms with van der Waals surface area (Å²) in [6.45, 7) is 0.285. The summed E-state index contributed by atoms with van der Waals surface area (Å²) in [5, 5.41) is 2.77. The van der Waals surface area contributed by atoms with Gasteiger partial charge in [-0.25, -0.2) is 4.98 Å². The van der Waals surface area contributed by atoms with Crippen LogP contribution in [0.4, 0.5) is 5.69 Å². The van der Waals surface area contributed by atoms with Crippen molar-refractivity contribution >= 4 is 34.5 Å². The second-order valence-electron chi connectivity index (χ2n) is 4.55. The van der Waals surface area contributed by atoms with Crippen LogP contribution in [0.15, 0.2) is 47.1 Å². The Labute approximate surface area is 135 Å². The Morgan fingerprint density at radius 3 is 2.73 bits per heavy atom. The van der Waals surface area contributed by atoms with E-state index in [1.165, 1.54) is 17.6 Å². The van der Waals surface area contributed by atoms with Gasteiger partial charge in [-0.05, 0) is 36.4 Å². The van der Waals surface area contributed by atoms with Crippen molar-refractivity contribution in [3.8, 4) is 11.5 Å². The van der Waals surface area contributed by atoms with Crippen molar-refractivity contribution in [1.29, 1.82) is 0 Å². The highest BCUT2D eigenvalue weighted by molar-refractivity contribution is 7.17. The molecule has 0 radical (unpaired) electrons. The van der Waals surface area contributed by atoms with Crippen LogP contribution < -0.4 is 11.1 Å². The van der Waals surface area contributed by atoms with E-state index in [9.17, 15) is 4.79 Å². The van der Waals surface area contributed by atoms with Gasteiger partial charge in [0, 0.05) is 11.3 Å². The van der Waals surface area contributed by atoms with Crippen LogP contribution in [-0.4, -0.2) is 10.9 Å². The van der Waals surface area contributed by atoms with Gasteiger partial charge in [0.1, 0.15) is 6.26 Å². The largest absolute Gasteiger partial charge is 0.444 e. The van der Waals surface area contributed by atoms with E-state index in [-0.39, 0.29) is 12.5 Å². The molecule has 0 aliphatic heterocycles. The third kappa shape index (κ3) is 3.29. The van der Waals surface area contributed by atoms with E-state index < -0.39 is 0 Å². The Bertz CT molecular complexity index is 795. The third-order valence-corrected chi connectivity index (χ3v) is 4.17. The van der Waals surface area contributed by atoms with Crippen molar-refractivity contribution < 1.29 is 9.21 Å². The SMILES string of the molecule is Nc1ccc(-c2nc(CNC(=O)c3ccc(Cl)s3)co2)cc1. The molecule has 112 valence electrons. The van der Waals surface area contributed by atoms with E-state index in [0.717, 1.165) is 5.56 Å². The standard InChI is InChI=1S/C15H12ClN3O2S/c16-13-6-5-12(22-13)14(20)18-7-11-8-21-15(19-11)9-1-3-10(17)4-2-9/h1-6,8H,7,17H2,(H,18,20). The van der Waals surface area contributed by atoms with Gasteiger partial charge in [0.25, 0.3) is 5.91 Å². The van der Waals surface area contributed by atoms with E-state index in [1.807, 2.05) is 12.1 Å². The lowest BCUT2D eigenvalue weighted by atomic mass is 10.2. The first-order valence-corrected chi connectivity index (χ1v) is 7.65. The van der Waals surface area contributed by atoms with E-state index in [0.29, 0.717) is 26.5 Å². The first kappa shape index (κ1) is 14.6. The number of benzene rings is 1. The number of hydrogen-bond acceptors (Lipinski definition) is 5. The number of nitrogens with one attached hydrogen (secondary N) is 1. The van der Waals surface area contributed by atoms with Crippen LogP contribution in [-0.2, 0) is 6.54 Å². The predicted molar refractivity (Wildman–Crippen MR) is 86.9 cm³/mol. The molecule has 7 heteroatoms. The molecule has 0 bridgehead atoms. The average Bonchev–Trinajstić information content (AvgIpc) is 3.15. The monoisotopic (exact) mass is 333 g/mol. The number of aromatic nitrogens is 1. The Morgan fingerprint density at radius 1 is 1.27 bits per heavy atom. The van der Waals surface area contributed by atoms with Gasteiger partial charge in [-0.2, -0.15) is 0 Å². The minimum atomic E-state index is -0.186. The van der Waals surface area contributed by atoms with Crippen LogP contribution in [0.1, 0.15) is 15.4 Å². The summed E-state index contributed by atoms with van der Waals surface area (Å²) in [5.41, 5.74) is 7.79. The van der Waals surface area contributed by atoms with Crippen molar-refractivity contribution in [2.45, 2.75) is 6.54 Å². The molecule has 1 aromatic carbocycles. The second kappa shape index (κ2) is 6.21. The zero-order valence-electron chi connectivity index (χ0n) is 11.4. The summed E-state index contributed by atoms with van der Waals surface area (Å²) in [6, 6.07) is 10.6. The Morgan fingerprint density at radius 2 is 2.05 bits per heavy atom. The molecular weight excluding hydrogens is 322 g/mol. The molecule has 2 heterocycles. The number of nitrogen functional groups attached to an aromatic ring is 1. The van der Waals surface area contributed by atoms with Crippen LogP contribution in [0.5, 0.6) is 0 Å². The second-order valence-corrected chi connectivity index (χ2v) is 6.27. The Hall–Kier alpha value is -2.31. The van der Waals surface area contributed by atoms with Gasteiger partial charge in [0.2, 0.25) is 5.89 Å². The number of thiophene rings is 1. The van der Waals surface area contributed by atoms with Crippen molar-refractivity contribution in [3.63, 3.8) is 0 Å². The first-order chi connectivity index (χ1) is 10.6. The fraction of sp³-hybridized carbons (Fsp3) is 0.0667. The number of carbonyl (C=O) groups is 1. The number of anilines is 1. The minimum Gasteiger partial charge on any atom is -0.444 e. The van der Waals surface area contributed by atoms with Gasteiger partial charge in [0.15, 0.2) is 0 Å². The highest BCUT2D eigenvalue weighted by Crippen LogP contribution is 2.22. The predicted octanol–water partition coefficient (Wildman–Crippen LogP) is 3.57. The molecule has 22 heavy (non-hydrogen) atoms. The quantitative estimate of drug-likeness (QED) is 0.715. The number of rotatable bonds is 4. The van der Waals surface area contributed by atoms with Gasteiger partial charge in [-0.15, -0.1) is 11.3 Å². The summed E-state index contributed by atoms with van der Waals surface area (Å²) in [6.07, 6.45) is 1.52. The lowest BCUT2D eigenvalue weighted by Crippen LogP contribution is -2.21. The summed E-state index contributed by atoms with van der Waals surface area (Å²) in [5.74, 6) is 0.303. The number of oxazole rings is 1. The first-order valence-electron chi connectivity index (χ1n) is 6.45. The smallest absolute Gasteiger partial charge is 0.261 e. The van der Waals surface area contributed by atoms with Crippen LogP contribution in [0.25, 0.3) is 11.5 Å². The molecule has 0 saturated heterocycles. The Kier molecular flexibility index (Phi) is 4.13. The number of nitrogens with two attached hydrogens (primary N) is 1. The average molecular weight is 334 g/mol. The molecule has 2 aromatic heterocycles. The molecular formula is C15H12ClN3O2S. The maximum absolute atomic E-state index is 11.9. The maximum atomic E-state index is 11.9. The van der Waals surface area contributed by atoms with Gasteiger partial charge in [-0.1, -0.05) is 11.6 Å². The molecule has 5 nitrogen and oxygen atoms in total. The molecule has 3 rings (SSSR count). The zero-order chi connectivity index (χ0) is 15.5. The van der Waals surface area contributed by atoms with Crippen LogP contribution in [0, 0.1) is 0 Å². The topological polar surface area (TPSA) is 81.1 Å². The number of halogens is 1. The number of amides is 1. The highest BCUT2D eigenvalue weighted by Gasteiger charge is 2.11. The summed E-state index contributed by atoms with van der Waals surface area (Å²) >= 11 is 7.04. The number of carbonyl (C=O) groups excluding carboxylic acids is 1. The molecule has 0 atom stereocenters. The number of nitrogens with zero attached hydrogens (tertiary/aromatic N) is 1. The van der Waals surface area contributed by atoms with Crippen molar-refractivity contribution in [1.82, 2.24) is 10.3 Å². The van der Waals surface area contributed by atoms with Crippen molar-refractivity contribution in [3.05, 3.63) is 57.6 Å². The normalized spacial score (nSPS) is 10.6. The summed E-state index contributed by atoms with van der Waals surface area (Å²) in [7, 11) is 0. The van der Waals surface area contributed by atoms with E-state index in [4.69, 9.17) is 21.8 Å². The van der Waals surface area contributed by atoms with Crippen molar-refractivity contribution in [2.24, 2.45) is 0 Å². The molecule has 0 spiro atoms. The zero-order valence-corrected chi connectivity index (χ0v) is 12.9. The van der Waals surface area contributed by atoms with Crippen LogP contribution in [0.3, 0.4) is 0 Å². The maximum Gasteiger partial charge on any atom is 0.261 e. The lowest BCUT2D eigenvalue weighted by Gasteiger charge is -1.99. The van der Waals surface area contributed by atoms with Crippen molar-refractivity contribution in [2.75, 3.05) is 5.73 Å².